The first-order chi connectivity index (χ1) is 14.2. The molecule has 2 N–H and O–H groups in total. The standard InChI is InChI=1S/C22H21N5O2/c1-3-29-27(18-7-5-4-6-8-18)22(28)26-17-11-9-16(10-12-17)20-19-15(2)13-23-21(19)25-14-24-20/h4-14H,3H2,1-2H3,(H,26,28)(H,23,24,25). The first-order valence-electron chi connectivity index (χ1n) is 9.35. The Morgan fingerprint density at radius 2 is 1.86 bits per heavy atom. The summed E-state index contributed by atoms with van der Waals surface area (Å²) in [5, 5.41) is 5.12. The predicted octanol–water partition coefficient (Wildman–Crippen LogP) is 4.92. The summed E-state index contributed by atoms with van der Waals surface area (Å²) in [4.78, 5) is 30.1. The quantitative estimate of drug-likeness (QED) is 0.476. The van der Waals surface area contributed by atoms with Crippen LogP contribution in [0.15, 0.2) is 67.1 Å². The summed E-state index contributed by atoms with van der Waals surface area (Å²) < 4.78 is 0. The summed E-state index contributed by atoms with van der Waals surface area (Å²) in [7, 11) is 0. The number of nitrogens with zero attached hydrogens (tertiary/aromatic N) is 3. The third kappa shape index (κ3) is 3.81. The third-order valence-electron chi connectivity index (χ3n) is 4.51. The van der Waals surface area contributed by atoms with Crippen LogP contribution >= 0.6 is 0 Å². The molecule has 2 aromatic heterocycles. The molecule has 0 aliphatic heterocycles. The van der Waals surface area contributed by atoms with Gasteiger partial charge < -0.3 is 10.3 Å². The molecule has 29 heavy (non-hydrogen) atoms. The number of hydroxylamine groups is 1. The Morgan fingerprint density at radius 3 is 2.59 bits per heavy atom. The fraction of sp³-hybridized carbons (Fsp3) is 0.136. The van der Waals surface area contributed by atoms with Crippen molar-refractivity contribution in [2.45, 2.75) is 13.8 Å². The van der Waals surface area contributed by atoms with Gasteiger partial charge in [-0.15, -0.1) is 0 Å². The van der Waals surface area contributed by atoms with E-state index in [4.69, 9.17) is 4.84 Å². The Balaban J connectivity index is 1.56. The van der Waals surface area contributed by atoms with Gasteiger partial charge in [-0.25, -0.2) is 14.8 Å². The maximum Gasteiger partial charge on any atom is 0.350 e. The maximum atomic E-state index is 12.7. The average Bonchev–Trinajstić information content (AvgIpc) is 3.14. The monoisotopic (exact) mass is 387 g/mol. The highest BCUT2D eigenvalue weighted by Gasteiger charge is 2.17. The summed E-state index contributed by atoms with van der Waals surface area (Å²) in [6.07, 6.45) is 3.46. The van der Waals surface area contributed by atoms with E-state index in [2.05, 4.69) is 20.3 Å². The van der Waals surface area contributed by atoms with E-state index in [1.54, 1.807) is 6.33 Å². The van der Waals surface area contributed by atoms with Gasteiger partial charge >= 0.3 is 6.03 Å². The molecule has 0 aliphatic rings. The van der Waals surface area contributed by atoms with Gasteiger partial charge in [-0.05, 0) is 43.7 Å². The van der Waals surface area contributed by atoms with Crippen molar-refractivity contribution >= 4 is 28.4 Å². The summed E-state index contributed by atoms with van der Waals surface area (Å²) in [6, 6.07) is 16.4. The number of carbonyl (C=O) groups excluding carboxylic acids is 1. The fourth-order valence-corrected chi connectivity index (χ4v) is 3.16. The van der Waals surface area contributed by atoms with Crippen molar-refractivity contribution in [2.75, 3.05) is 17.0 Å². The number of rotatable bonds is 5. The van der Waals surface area contributed by atoms with E-state index in [0.29, 0.717) is 18.0 Å². The zero-order valence-electron chi connectivity index (χ0n) is 16.2. The molecule has 146 valence electrons. The molecular weight excluding hydrogens is 366 g/mol. The fourth-order valence-electron chi connectivity index (χ4n) is 3.16. The molecule has 2 aromatic carbocycles. The van der Waals surface area contributed by atoms with Crippen LogP contribution in [0, 0.1) is 6.92 Å². The molecule has 0 spiro atoms. The smallest absolute Gasteiger partial charge is 0.346 e. The number of aryl methyl sites for hydroxylation is 1. The lowest BCUT2D eigenvalue weighted by atomic mass is 10.1. The SMILES string of the molecule is CCON(C(=O)Nc1ccc(-c2ncnc3[nH]cc(C)c23)cc1)c1ccccc1. The molecule has 2 heterocycles. The van der Waals surface area contributed by atoms with Crippen LogP contribution in [0.4, 0.5) is 16.2 Å². The molecule has 0 saturated carbocycles. The molecule has 0 aliphatic carbocycles. The Bertz CT molecular complexity index is 1120. The topological polar surface area (TPSA) is 83.1 Å². The minimum atomic E-state index is -0.364. The molecule has 4 rings (SSSR count). The van der Waals surface area contributed by atoms with E-state index in [1.165, 1.54) is 5.06 Å². The molecule has 4 aromatic rings. The van der Waals surface area contributed by atoms with Crippen molar-refractivity contribution in [1.29, 1.82) is 0 Å². The van der Waals surface area contributed by atoms with Crippen molar-refractivity contribution in [1.82, 2.24) is 15.0 Å². The van der Waals surface area contributed by atoms with Gasteiger partial charge in [-0.1, -0.05) is 30.3 Å². The van der Waals surface area contributed by atoms with Gasteiger partial charge in [-0.3, -0.25) is 4.84 Å². The summed E-state index contributed by atoms with van der Waals surface area (Å²) in [5.41, 5.74) is 5.02. The Labute approximate surface area is 168 Å². The number of benzene rings is 2. The summed E-state index contributed by atoms with van der Waals surface area (Å²) >= 11 is 0. The molecule has 2 amide bonds. The van der Waals surface area contributed by atoms with Crippen molar-refractivity contribution < 1.29 is 9.63 Å². The number of aromatic nitrogens is 3. The number of hydrogen-bond donors (Lipinski definition) is 2. The van der Waals surface area contributed by atoms with Crippen LogP contribution < -0.4 is 10.4 Å². The lowest BCUT2D eigenvalue weighted by Gasteiger charge is -2.21. The number of para-hydroxylation sites is 1. The number of amides is 2. The van der Waals surface area contributed by atoms with Crippen LogP contribution in [0.25, 0.3) is 22.3 Å². The number of H-pyrrole nitrogens is 1. The second kappa shape index (κ2) is 8.12. The summed E-state index contributed by atoms with van der Waals surface area (Å²) in [6.45, 7) is 4.23. The van der Waals surface area contributed by atoms with Crippen LogP contribution in [0.2, 0.25) is 0 Å². The predicted molar refractivity (Wildman–Crippen MR) is 114 cm³/mol. The minimum Gasteiger partial charge on any atom is -0.346 e. The number of anilines is 2. The van der Waals surface area contributed by atoms with Crippen molar-refractivity contribution in [3.63, 3.8) is 0 Å². The average molecular weight is 387 g/mol. The molecule has 0 saturated heterocycles. The normalized spacial score (nSPS) is 10.8. The largest absolute Gasteiger partial charge is 0.350 e. The number of nitrogens with one attached hydrogen (secondary N) is 2. The first-order valence-corrected chi connectivity index (χ1v) is 9.35. The van der Waals surface area contributed by atoms with Gasteiger partial charge in [-0.2, -0.15) is 5.06 Å². The van der Waals surface area contributed by atoms with Crippen LogP contribution in [-0.4, -0.2) is 27.6 Å². The molecule has 0 bridgehead atoms. The highest BCUT2D eigenvalue weighted by Crippen LogP contribution is 2.28. The van der Waals surface area contributed by atoms with E-state index in [-0.39, 0.29) is 6.03 Å². The van der Waals surface area contributed by atoms with Gasteiger partial charge in [0.2, 0.25) is 0 Å². The van der Waals surface area contributed by atoms with Crippen LogP contribution in [0.1, 0.15) is 12.5 Å². The van der Waals surface area contributed by atoms with Gasteiger partial charge in [0.05, 0.1) is 18.0 Å². The number of urea groups is 1. The van der Waals surface area contributed by atoms with Gasteiger partial charge in [0.15, 0.2) is 0 Å². The zero-order valence-corrected chi connectivity index (χ0v) is 16.2. The third-order valence-corrected chi connectivity index (χ3v) is 4.51. The second-order valence-corrected chi connectivity index (χ2v) is 6.47. The van der Waals surface area contributed by atoms with E-state index >= 15 is 0 Å². The molecule has 0 unspecified atom stereocenters. The highest BCUT2D eigenvalue weighted by atomic mass is 16.7. The zero-order chi connectivity index (χ0) is 20.2. The van der Waals surface area contributed by atoms with Gasteiger partial charge in [0, 0.05) is 22.8 Å². The number of fused-ring (bicyclic) bond motifs is 1. The number of aromatic amines is 1. The Hall–Kier alpha value is -3.71. The van der Waals surface area contributed by atoms with E-state index < -0.39 is 0 Å². The van der Waals surface area contributed by atoms with Crippen LogP contribution in [0.3, 0.4) is 0 Å². The Morgan fingerprint density at radius 1 is 1.10 bits per heavy atom. The van der Waals surface area contributed by atoms with Crippen molar-refractivity contribution in [3.8, 4) is 11.3 Å². The number of carbonyl (C=O) groups is 1. The van der Waals surface area contributed by atoms with E-state index in [1.807, 2.05) is 74.6 Å². The minimum absolute atomic E-state index is 0.364. The molecule has 7 nitrogen and oxygen atoms in total. The molecule has 7 heteroatoms. The molecule has 0 atom stereocenters. The second-order valence-electron chi connectivity index (χ2n) is 6.47. The molecular formula is C22H21N5O2. The Kier molecular flexibility index (Phi) is 5.22. The van der Waals surface area contributed by atoms with Gasteiger partial charge in [0.1, 0.15) is 12.0 Å². The van der Waals surface area contributed by atoms with Crippen molar-refractivity contribution in [3.05, 3.63) is 72.7 Å². The first kappa shape index (κ1) is 18.6. The lowest BCUT2D eigenvalue weighted by molar-refractivity contribution is 0.132. The highest BCUT2D eigenvalue weighted by molar-refractivity contribution is 6.00. The van der Waals surface area contributed by atoms with Gasteiger partial charge in [0.25, 0.3) is 0 Å². The maximum absolute atomic E-state index is 12.7. The lowest BCUT2D eigenvalue weighted by Crippen LogP contribution is -2.35. The summed E-state index contributed by atoms with van der Waals surface area (Å²) in [5.74, 6) is 0. The number of hydrogen-bond acceptors (Lipinski definition) is 4. The van der Waals surface area contributed by atoms with Crippen LogP contribution in [0.5, 0.6) is 0 Å². The van der Waals surface area contributed by atoms with E-state index in [0.717, 1.165) is 27.9 Å². The van der Waals surface area contributed by atoms with Crippen LogP contribution in [-0.2, 0) is 4.84 Å². The molecule has 0 fully saturated rings. The van der Waals surface area contributed by atoms with E-state index in [9.17, 15) is 4.79 Å². The van der Waals surface area contributed by atoms with Crippen molar-refractivity contribution in [2.24, 2.45) is 0 Å². The molecule has 0 radical (unpaired) electrons.